The number of likely N-dealkylation sites (tertiary alicyclic amines) is 1. The summed E-state index contributed by atoms with van der Waals surface area (Å²) in [6, 6.07) is 16.6. The number of para-hydroxylation sites is 1. The molecule has 0 bridgehead atoms. The second kappa shape index (κ2) is 7.83. The topological polar surface area (TPSA) is 55.8 Å². The van der Waals surface area contributed by atoms with Crippen LogP contribution in [0.25, 0.3) is 0 Å². The highest BCUT2D eigenvalue weighted by Gasteiger charge is 2.28. The van der Waals surface area contributed by atoms with E-state index in [1.54, 1.807) is 29.2 Å². The molecule has 0 aromatic heterocycles. The largest absolute Gasteiger partial charge is 0.469 e. The summed E-state index contributed by atoms with van der Waals surface area (Å²) in [7, 11) is 1.40. The third-order valence-corrected chi connectivity index (χ3v) is 4.40. The van der Waals surface area contributed by atoms with Gasteiger partial charge in [-0.15, -0.1) is 0 Å². The van der Waals surface area contributed by atoms with E-state index < -0.39 is 0 Å². The number of nitrogens with zero attached hydrogens (tertiary/aromatic N) is 1. The molecule has 0 unspecified atom stereocenters. The molecule has 1 heterocycles. The Morgan fingerprint density at radius 3 is 2.12 bits per heavy atom. The molecule has 5 nitrogen and oxygen atoms in total. The number of rotatable bonds is 4. The van der Waals surface area contributed by atoms with Gasteiger partial charge in [-0.3, -0.25) is 9.59 Å². The number of hydrogen-bond acceptors (Lipinski definition) is 4. The first-order chi connectivity index (χ1) is 12.2. The standard InChI is InChI=1S/C20H21NO4/c1-24-20(23)16-11-13-21(14-12-16)19(22)15-7-9-18(10-8-15)25-17-5-3-2-4-6-17/h2-10,16H,11-14H2,1H3. The van der Waals surface area contributed by atoms with Crippen LogP contribution in [0.4, 0.5) is 0 Å². The monoisotopic (exact) mass is 339 g/mol. The molecule has 0 radical (unpaired) electrons. The highest BCUT2D eigenvalue weighted by Crippen LogP contribution is 2.23. The lowest BCUT2D eigenvalue weighted by Gasteiger charge is -2.30. The number of carbonyl (C=O) groups is 2. The van der Waals surface area contributed by atoms with Crippen molar-refractivity contribution in [3.05, 3.63) is 60.2 Å². The number of esters is 1. The van der Waals surface area contributed by atoms with Crippen molar-refractivity contribution in [1.29, 1.82) is 0 Å². The van der Waals surface area contributed by atoms with Crippen LogP contribution >= 0.6 is 0 Å². The normalized spacial score (nSPS) is 14.8. The van der Waals surface area contributed by atoms with Gasteiger partial charge in [-0.2, -0.15) is 0 Å². The van der Waals surface area contributed by atoms with Crippen LogP contribution in [0.3, 0.4) is 0 Å². The maximum Gasteiger partial charge on any atom is 0.308 e. The minimum Gasteiger partial charge on any atom is -0.469 e. The van der Waals surface area contributed by atoms with Gasteiger partial charge in [-0.25, -0.2) is 0 Å². The number of ether oxygens (including phenoxy) is 2. The fourth-order valence-corrected chi connectivity index (χ4v) is 2.96. The quantitative estimate of drug-likeness (QED) is 0.800. The van der Waals surface area contributed by atoms with Crippen LogP contribution in [0.2, 0.25) is 0 Å². The first-order valence-corrected chi connectivity index (χ1v) is 8.37. The van der Waals surface area contributed by atoms with E-state index in [2.05, 4.69) is 0 Å². The van der Waals surface area contributed by atoms with Crippen molar-refractivity contribution in [2.75, 3.05) is 20.2 Å². The molecular weight excluding hydrogens is 318 g/mol. The Balaban J connectivity index is 1.59. The van der Waals surface area contributed by atoms with Crippen LogP contribution in [0.1, 0.15) is 23.2 Å². The molecule has 1 saturated heterocycles. The summed E-state index contributed by atoms with van der Waals surface area (Å²) in [4.78, 5) is 25.9. The van der Waals surface area contributed by atoms with E-state index in [-0.39, 0.29) is 17.8 Å². The van der Waals surface area contributed by atoms with Crippen molar-refractivity contribution in [3.8, 4) is 11.5 Å². The molecule has 1 aliphatic heterocycles. The van der Waals surface area contributed by atoms with E-state index >= 15 is 0 Å². The number of piperidine rings is 1. The molecule has 1 aliphatic rings. The van der Waals surface area contributed by atoms with Crippen molar-refractivity contribution in [2.45, 2.75) is 12.8 Å². The Morgan fingerprint density at radius 2 is 1.52 bits per heavy atom. The lowest BCUT2D eigenvalue weighted by atomic mass is 9.96. The van der Waals surface area contributed by atoms with Gasteiger partial charge in [-0.05, 0) is 49.2 Å². The minimum atomic E-state index is -0.186. The first kappa shape index (κ1) is 17.0. The van der Waals surface area contributed by atoms with Gasteiger partial charge >= 0.3 is 5.97 Å². The molecule has 1 fully saturated rings. The fourth-order valence-electron chi connectivity index (χ4n) is 2.96. The molecule has 0 spiro atoms. The number of benzene rings is 2. The Morgan fingerprint density at radius 1 is 0.920 bits per heavy atom. The molecule has 2 aromatic rings. The highest BCUT2D eigenvalue weighted by molar-refractivity contribution is 5.94. The van der Waals surface area contributed by atoms with E-state index in [1.807, 2.05) is 30.3 Å². The van der Waals surface area contributed by atoms with Crippen LogP contribution in [0.15, 0.2) is 54.6 Å². The third kappa shape index (κ3) is 4.18. The maximum atomic E-state index is 12.6. The Kier molecular flexibility index (Phi) is 5.33. The lowest BCUT2D eigenvalue weighted by Crippen LogP contribution is -2.40. The van der Waals surface area contributed by atoms with Crippen LogP contribution in [0, 0.1) is 5.92 Å². The highest BCUT2D eigenvalue weighted by atomic mass is 16.5. The van der Waals surface area contributed by atoms with E-state index in [4.69, 9.17) is 9.47 Å². The molecule has 0 atom stereocenters. The zero-order chi connectivity index (χ0) is 17.6. The smallest absolute Gasteiger partial charge is 0.308 e. The molecule has 5 heteroatoms. The molecule has 130 valence electrons. The first-order valence-electron chi connectivity index (χ1n) is 8.37. The number of hydrogen-bond donors (Lipinski definition) is 0. The molecule has 1 amide bonds. The van der Waals surface area contributed by atoms with Gasteiger partial charge in [0.2, 0.25) is 0 Å². The molecular formula is C20H21NO4. The number of methoxy groups -OCH3 is 1. The van der Waals surface area contributed by atoms with E-state index in [9.17, 15) is 9.59 Å². The summed E-state index contributed by atoms with van der Waals surface area (Å²) < 4.78 is 10.5. The average molecular weight is 339 g/mol. The van der Waals surface area contributed by atoms with Crippen LogP contribution in [-0.2, 0) is 9.53 Å². The fraction of sp³-hybridized carbons (Fsp3) is 0.300. The summed E-state index contributed by atoms with van der Waals surface area (Å²) in [6.07, 6.45) is 1.29. The van der Waals surface area contributed by atoms with Gasteiger partial charge in [0.25, 0.3) is 5.91 Å². The molecule has 0 saturated carbocycles. The van der Waals surface area contributed by atoms with Gasteiger partial charge in [0.15, 0.2) is 0 Å². The van der Waals surface area contributed by atoms with Gasteiger partial charge in [0.05, 0.1) is 13.0 Å². The minimum absolute atomic E-state index is 0.0189. The van der Waals surface area contributed by atoms with Crippen molar-refractivity contribution in [1.82, 2.24) is 4.90 Å². The van der Waals surface area contributed by atoms with Crippen LogP contribution in [0.5, 0.6) is 11.5 Å². The van der Waals surface area contributed by atoms with Gasteiger partial charge in [0, 0.05) is 18.7 Å². The third-order valence-electron chi connectivity index (χ3n) is 4.40. The second-order valence-electron chi connectivity index (χ2n) is 6.03. The van der Waals surface area contributed by atoms with Gasteiger partial charge < -0.3 is 14.4 Å². The average Bonchev–Trinajstić information content (AvgIpc) is 2.68. The lowest BCUT2D eigenvalue weighted by molar-refractivity contribution is -0.146. The Labute approximate surface area is 147 Å². The summed E-state index contributed by atoms with van der Waals surface area (Å²) in [5, 5.41) is 0. The summed E-state index contributed by atoms with van der Waals surface area (Å²) in [5.41, 5.74) is 0.622. The SMILES string of the molecule is COC(=O)C1CCN(C(=O)c2ccc(Oc3ccccc3)cc2)CC1. The summed E-state index contributed by atoms with van der Waals surface area (Å²) >= 11 is 0. The number of carbonyl (C=O) groups excluding carboxylic acids is 2. The predicted octanol–water partition coefficient (Wildman–Crippen LogP) is 3.50. The molecule has 25 heavy (non-hydrogen) atoms. The maximum absolute atomic E-state index is 12.6. The Hall–Kier alpha value is -2.82. The molecule has 2 aromatic carbocycles. The van der Waals surface area contributed by atoms with Gasteiger partial charge in [-0.1, -0.05) is 18.2 Å². The summed E-state index contributed by atoms with van der Waals surface area (Å²) in [5.74, 6) is 1.14. The van der Waals surface area contributed by atoms with E-state index in [0.29, 0.717) is 37.2 Å². The summed E-state index contributed by atoms with van der Waals surface area (Å²) in [6.45, 7) is 1.14. The number of amides is 1. The predicted molar refractivity (Wildman–Crippen MR) is 93.6 cm³/mol. The molecule has 0 N–H and O–H groups in total. The van der Waals surface area contributed by atoms with E-state index in [0.717, 1.165) is 5.75 Å². The van der Waals surface area contributed by atoms with Crippen LogP contribution < -0.4 is 4.74 Å². The van der Waals surface area contributed by atoms with Gasteiger partial charge in [0.1, 0.15) is 11.5 Å². The second-order valence-corrected chi connectivity index (χ2v) is 6.03. The molecule has 0 aliphatic carbocycles. The van der Waals surface area contributed by atoms with Crippen molar-refractivity contribution in [2.24, 2.45) is 5.92 Å². The molecule has 3 rings (SSSR count). The zero-order valence-corrected chi connectivity index (χ0v) is 14.2. The Bertz CT molecular complexity index is 719. The van der Waals surface area contributed by atoms with Crippen molar-refractivity contribution in [3.63, 3.8) is 0 Å². The van der Waals surface area contributed by atoms with Crippen molar-refractivity contribution < 1.29 is 19.1 Å². The van der Waals surface area contributed by atoms with E-state index in [1.165, 1.54) is 7.11 Å². The zero-order valence-electron chi connectivity index (χ0n) is 14.2. The van der Waals surface area contributed by atoms with Crippen LogP contribution in [-0.4, -0.2) is 37.0 Å². The van der Waals surface area contributed by atoms with Crippen molar-refractivity contribution >= 4 is 11.9 Å².